The summed E-state index contributed by atoms with van der Waals surface area (Å²) >= 11 is 0. The van der Waals surface area contributed by atoms with Crippen molar-refractivity contribution < 1.29 is 19.4 Å². The van der Waals surface area contributed by atoms with E-state index in [4.69, 9.17) is 9.47 Å². The number of nitrogens with zero attached hydrogens (tertiary/aromatic N) is 1. The lowest BCUT2D eigenvalue weighted by Gasteiger charge is -2.28. The molecule has 0 bridgehead atoms. The molecule has 2 aromatic carbocycles. The van der Waals surface area contributed by atoms with Gasteiger partial charge in [0, 0.05) is 31.5 Å². The average molecular weight is 454 g/mol. The van der Waals surface area contributed by atoms with E-state index in [-0.39, 0.29) is 0 Å². The molecule has 2 rings (SSSR count). The first-order valence-electron chi connectivity index (χ1n) is 12.1. The van der Waals surface area contributed by atoms with E-state index in [1.165, 1.54) is 6.08 Å². The van der Waals surface area contributed by atoms with Gasteiger partial charge in [0.1, 0.15) is 12.4 Å². The van der Waals surface area contributed by atoms with Crippen LogP contribution in [0, 0.1) is 5.92 Å². The number of benzene rings is 2. The second-order valence-corrected chi connectivity index (χ2v) is 8.62. The van der Waals surface area contributed by atoms with Crippen molar-refractivity contribution in [2.45, 2.75) is 47.0 Å². The quantitative estimate of drug-likeness (QED) is 0.246. The van der Waals surface area contributed by atoms with Gasteiger partial charge in [-0.2, -0.15) is 0 Å². The summed E-state index contributed by atoms with van der Waals surface area (Å²) in [5, 5.41) is 9.18. The molecule has 5 nitrogen and oxygen atoms in total. The molecule has 0 aliphatic carbocycles. The molecule has 0 saturated carbocycles. The maximum Gasteiger partial charge on any atom is 0.328 e. The summed E-state index contributed by atoms with van der Waals surface area (Å²) < 4.78 is 11.3. The molecule has 0 radical (unpaired) electrons. The highest BCUT2D eigenvalue weighted by molar-refractivity contribution is 5.88. The molecule has 0 aliphatic heterocycles. The normalized spacial score (nSPS) is 11.3. The van der Waals surface area contributed by atoms with Gasteiger partial charge in [0.2, 0.25) is 0 Å². The number of hydrogen-bond donors (Lipinski definition) is 1. The summed E-state index contributed by atoms with van der Waals surface area (Å²) in [5.74, 6) is 0.376. The minimum absolute atomic E-state index is 0.511. The fourth-order valence-electron chi connectivity index (χ4n) is 3.65. The minimum atomic E-state index is -0.947. The number of hydrogen-bond acceptors (Lipinski definition) is 4. The zero-order valence-corrected chi connectivity index (χ0v) is 20.5. The van der Waals surface area contributed by atoms with Gasteiger partial charge >= 0.3 is 5.97 Å². The van der Waals surface area contributed by atoms with Crippen LogP contribution in [0.25, 0.3) is 17.2 Å². The van der Waals surface area contributed by atoms with Crippen LogP contribution >= 0.6 is 0 Å². The second kappa shape index (κ2) is 14.4. The van der Waals surface area contributed by atoms with Gasteiger partial charge in [0.15, 0.2) is 0 Å². The monoisotopic (exact) mass is 453 g/mol. The highest BCUT2D eigenvalue weighted by Crippen LogP contribution is 2.30. The Labute approximate surface area is 199 Å². The zero-order chi connectivity index (χ0) is 24.1. The van der Waals surface area contributed by atoms with Crippen LogP contribution in [-0.4, -0.2) is 44.0 Å². The molecule has 180 valence electrons. The lowest BCUT2D eigenvalue weighted by atomic mass is 10.00. The highest BCUT2D eigenvalue weighted by Gasteiger charge is 2.13. The van der Waals surface area contributed by atoms with E-state index in [9.17, 15) is 9.90 Å². The molecule has 0 atom stereocenters. The number of carboxylic acid groups (broad SMARTS) is 1. The SMILES string of the molecule is CCCCOCCOc1ccc(-c2ccc(N(CCC)CC(C)C)c(C=CC(=O)O)c2)cc1. The third-order valence-corrected chi connectivity index (χ3v) is 5.18. The molecule has 33 heavy (non-hydrogen) atoms. The van der Waals surface area contributed by atoms with Crippen molar-refractivity contribution in [1.82, 2.24) is 0 Å². The first-order chi connectivity index (χ1) is 15.9. The first kappa shape index (κ1) is 26.5. The van der Waals surface area contributed by atoms with Crippen molar-refractivity contribution in [1.29, 1.82) is 0 Å². The fourth-order valence-corrected chi connectivity index (χ4v) is 3.65. The molecular formula is C28H39NO4. The number of ether oxygens (including phenoxy) is 2. The third kappa shape index (κ3) is 9.30. The summed E-state index contributed by atoms with van der Waals surface area (Å²) in [6.45, 7) is 12.5. The lowest BCUT2D eigenvalue weighted by Crippen LogP contribution is -2.29. The average Bonchev–Trinajstić information content (AvgIpc) is 2.79. The van der Waals surface area contributed by atoms with Gasteiger partial charge in [-0.15, -0.1) is 0 Å². The van der Waals surface area contributed by atoms with Crippen LogP contribution in [0.5, 0.6) is 5.75 Å². The standard InChI is InChI=1S/C28H39NO4/c1-5-7-17-32-18-19-33-26-12-8-23(9-13-26)24-10-14-27(25(20-24)11-15-28(30)31)29(16-6-2)21-22(3)4/h8-15,20,22H,5-7,16-19,21H2,1-4H3,(H,30,31). The van der Waals surface area contributed by atoms with Gasteiger partial charge in [0.25, 0.3) is 0 Å². The molecular weight excluding hydrogens is 414 g/mol. The van der Waals surface area contributed by atoms with Crippen LogP contribution < -0.4 is 9.64 Å². The van der Waals surface area contributed by atoms with Crippen LogP contribution in [0.15, 0.2) is 48.5 Å². The van der Waals surface area contributed by atoms with E-state index in [2.05, 4.69) is 50.8 Å². The van der Waals surface area contributed by atoms with Crippen molar-refractivity contribution in [3.63, 3.8) is 0 Å². The fraction of sp³-hybridized carbons (Fsp3) is 0.464. The van der Waals surface area contributed by atoms with E-state index < -0.39 is 5.97 Å². The summed E-state index contributed by atoms with van der Waals surface area (Å²) in [6, 6.07) is 14.3. The Balaban J connectivity index is 2.19. The number of carbonyl (C=O) groups is 1. The lowest BCUT2D eigenvalue weighted by molar-refractivity contribution is -0.131. The van der Waals surface area contributed by atoms with Crippen LogP contribution in [0.1, 0.15) is 52.5 Å². The topological polar surface area (TPSA) is 59.0 Å². The zero-order valence-electron chi connectivity index (χ0n) is 20.5. The molecule has 0 unspecified atom stereocenters. The van der Waals surface area contributed by atoms with E-state index in [0.29, 0.717) is 19.1 Å². The van der Waals surface area contributed by atoms with E-state index in [1.54, 1.807) is 6.08 Å². The van der Waals surface area contributed by atoms with Crippen LogP contribution in [-0.2, 0) is 9.53 Å². The largest absolute Gasteiger partial charge is 0.491 e. The maximum atomic E-state index is 11.2. The number of aliphatic carboxylic acids is 1. The van der Waals surface area contributed by atoms with Crippen LogP contribution in [0.4, 0.5) is 5.69 Å². The maximum absolute atomic E-state index is 11.2. The van der Waals surface area contributed by atoms with Gasteiger partial charge in [-0.1, -0.05) is 52.3 Å². The Morgan fingerprint density at radius 3 is 2.36 bits per heavy atom. The van der Waals surface area contributed by atoms with Gasteiger partial charge < -0.3 is 19.5 Å². The molecule has 0 aromatic heterocycles. The van der Waals surface area contributed by atoms with Crippen LogP contribution in [0.2, 0.25) is 0 Å². The highest BCUT2D eigenvalue weighted by atomic mass is 16.5. The Morgan fingerprint density at radius 1 is 1.00 bits per heavy atom. The first-order valence-corrected chi connectivity index (χ1v) is 12.1. The molecule has 0 amide bonds. The molecule has 2 aromatic rings. The molecule has 0 spiro atoms. The predicted molar refractivity (Wildman–Crippen MR) is 137 cm³/mol. The minimum Gasteiger partial charge on any atom is -0.491 e. The van der Waals surface area contributed by atoms with E-state index >= 15 is 0 Å². The number of anilines is 1. The Morgan fingerprint density at radius 2 is 1.73 bits per heavy atom. The van der Waals surface area contributed by atoms with Gasteiger partial charge in [-0.3, -0.25) is 0 Å². The van der Waals surface area contributed by atoms with Crippen molar-refractivity contribution in [3.8, 4) is 16.9 Å². The van der Waals surface area contributed by atoms with Crippen molar-refractivity contribution in [2.24, 2.45) is 5.92 Å². The van der Waals surface area contributed by atoms with Crippen LogP contribution in [0.3, 0.4) is 0 Å². The molecule has 0 heterocycles. The van der Waals surface area contributed by atoms with Gasteiger partial charge in [-0.25, -0.2) is 4.79 Å². The molecule has 1 N–H and O–H groups in total. The predicted octanol–water partition coefficient (Wildman–Crippen LogP) is 6.52. The molecule has 0 saturated heterocycles. The molecule has 0 fully saturated rings. The van der Waals surface area contributed by atoms with Crippen molar-refractivity contribution in [2.75, 3.05) is 37.8 Å². The molecule has 5 heteroatoms. The Kier molecular flexibility index (Phi) is 11.5. The van der Waals surface area contributed by atoms with Gasteiger partial charge in [-0.05, 0) is 65.8 Å². The Hall–Kier alpha value is -2.79. The van der Waals surface area contributed by atoms with Crippen molar-refractivity contribution >= 4 is 17.7 Å². The summed E-state index contributed by atoms with van der Waals surface area (Å²) in [4.78, 5) is 13.5. The van der Waals surface area contributed by atoms with Gasteiger partial charge in [0.05, 0.1) is 6.61 Å². The van der Waals surface area contributed by atoms with E-state index in [1.807, 2.05) is 24.3 Å². The second-order valence-electron chi connectivity index (χ2n) is 8.62. The smallest absolute Gasteiger partial charge is 0.328 e. The number of rotatable bonds is 15. The molecule has 0 aliphatic rings. The summed E-state index contributed by atoms with van der Waals surface area (Å²) in [6.07, 6.45) is 6.14. The number of carboxylic acids is 1. The summed E-state index contributed by atoms with van der Waals surface area (Å²) in [7, 11) is 0. The summed E-state index contributed by atoms with van der Waals surface area (Å²) in [5.41, 5.74) is 4.08. The third-order valence-electron chi connectivity index (χ3n) is 5.18. The number of unbranched alkanes of at least 4 members (excludes halogenated alkanes) is 1. The van der Waals surface area contributed by atoms with E-state index in [0.717, 1.165) is 67.1 Å². The van der Waals surface area contributed by atoms with Crippen molar-refractivity contribution in [3.05, 3.63) is 54.1 Å². The Bertz CT molecular complexity index is 874.